The van der Waals surface area contributed by atoms with Crippen LogP contribution in [0.3, 0.4) is 0 Å². The lowest BCUT2D eigenvalue weighted by molar-refractivity contribution is 0.608. The Kier molecular flexibility index (Phi) is 3.86. The molecule has 1 aromatic carbocycles. The van der Waals surface area contributed by atoms with Crippen molar-refractivity contribution in [3.8, 4) is 0 Å². The van der Waals surface area contributed by atoms with Crippen molar-refractivity contribution in [2.24, 2.45) is 0 Å². The highest BCUT2D eigenvalue weighted by Gasteiger charge is 2.14. The maximum atomic E-state index is 5.83. The van der Waals surface area contributed by atoms with Crippen molar-refractivity contribution >= 4 is 29.3 Å². The molecule has 0 aliphatic rings. The van der Waals surface area contributed by atoms with Gasteiger partial charge in [-0.1, -0.05) is 36.9 Å². The third kappa shape index (κ3) is 4.04. The van der Waals surface area contributed by atoms with Gasteiger partial charge in [-0.3, -0.25) is 0 Å². The van der Waals surface area contributed by atoms with Crippen LogP contribution in [0.2, 0.25) is 19.6 Å². The second-order valence-electron chi connectivity index (χ2n) is 4.14. The fraction of sp³-hybridized carbons (Fsp3) is 0.273. The standard InChI is InChI=1S/C11H16OSi2/c1-5-10-6-8-11(9-7-10)13-12-14(2,3)4/h5-9H,1H2,2-4H3. The van der Waals surface area contributed by atoms with E-state index in [9.17, 15) is 0 Å². The predicted octanol–water partition coefficient (Wildman–Crippen LogP) is 2.43. The van der Waals surface area contributed by atoms with Gasteiger partial charge in [0, 0.05) is 0 Å². The molecule has 3 heteroatoms. The van der Waals surface area contributed by atoms with Crippen LogP contribution in [0.1, 0.15) is 5.56 Å². The summed E-state index contributed by atoms with van der Waals surface area (Å²) in [5, 5.41) is 1.26. The Morgan fingerprint density at radius 1 is 1.21 bits per heavy atom. The molecule has 14 heavy (non-hydrogen) atoms. The Labute approximate surface area is 89.9 Å². The molecule has 1 nitrogen and oxygen atoms in total. The quantitative estimate of drug-likeness (QED) is 0.708. The van der Waals surface area contributed by atoms with E-state index in [4.69, 9.17) is 4.12 Å². The van der Waals surface area contributed by atoms with Crippen molar-refractivity contribution in [2.75, 3.05) is 0 Å². The molecular formula is C11H16OSi2. The lowest BCUT2D eigenvalue weighted by Crippen LogP contribution is -2.32. The van der Waals surface area contributed by atoms with Crippen LogP contribution in [0.5, 0.6) is 0 Å². The second kappa shape index (κ2) is 4.73. The fourth-order valence-corrected chi connectivity index (χ4v) is 2.90. The molecule has 74 valence electrons. The van der Waals surface area contributed by atoms with Gasteiger partial charge in [0.05, 0.1) is 0 Å². The molecule has 0 amide bonds. The second-order valence-corrected chi connectivity index (χ2v) is 9.97. The van der Waals surface area contributed by atoms with Crippen molar-refractivity contribution in [1.29, 1.82) is 0 Å². The van der Waals surface area contributed by atoms with E-state index < -0.39 is 8.32 Å². The first-order valence-electron chi connectivity index (χ1n) is 4.68. The van der Waals surface area contributed by atoms with Gasteiger partial charge in [0.2, 0.25) is 0 Å². The molecule has 0 aliphatic carbocycles. The fourth-order valence-electron chi connectivity index (χ4n) is 0.899. The minimum atomic E-state index is -1.37. The van der Waals surface area contributed by atoms with E-state index in [1.54, 1.807) is 0 Å². The molecule has 0 N–H and O–H groups in total. The maximum Gasteiger partial charge on any atom is 0.256 e. The molecule has 0 saturated heterocycles. The molecular weight excluding hydrogens is 204 g/mol. The summed E-state index contributed by atoms with van der Waals surface area (Å²) in [6.45, 7) is 10.3. The molecule has 1 rings (SSSR count). The topological polar surface area (TPSA) is 9.23 Å². The van der Waals surface area contributed by atoms with Gasteiger partial charge in [0.15, 0.2) is 8.32 Å². The van der Waals surface area contributed by atoms with Crippen LogP contribution >= 0.6 is 0 Å². The van der Waals surface area contributed by atoms with Crippen LogP contribution in [0.15, 0.2) is 30.8 Å². The van der Waals surface area contributed by atoms with E-state index >= 15 is 0 Å². The Balaban J connectivity index is 2.56. The molecule has 2 radical (unpaired) electrons. The van der Waals surface area contributed by atoms with E-state index in [1.807, 2.05) is 6.08 Å². The normalized spacial score (nSPS) is 11.4. The highest BCUT2D eigenvalue weighted by Crippen LogP contribution is 2.02. The van der Waals surface area contributed by atoms with E-state index in [2.05, 4.69) is 50.5 Å². The van der Waals surface area contributed by atoms with Crippen LogP contribution in [0.4, 0.5) is 0 Å². The lowest BCUT2D eigenvalue weighted by atomic mass is 10.2. The zero-order valence-electron chi connectivity index (χ0n) is 9.00. The number of benzene rings is 1. The first-order chi connectivity index (χ1) is 6.51. The first kappa shape index (κ1) is 11.4. The maximum absolute atomic E-state index is 5.83. The predicted molar refractivity (Wildman–Crippen MR) is 66.4 cm³/mol. The highest BCUT2D eigenvalue weighted by atomic mass is 28.4. The number of hydrogen-bond acceptors (Lipinski definition) is 1. The number of rotatable bonds is 4. The summed E-state index contributed by atoms with van der Waals surface area (Å²) in [6, 6.07) is 8.36. The third-order valence-corrected chi connectivity index (χ3v) is 5.05. The summed E-state index contributed by atoms with van der Waals surface area (Å²) >= 11 is 0. The van der Waals surface area contributed by atoms with E-state index in [-0.39, 0.29) is 0 Å². The molecule has 0 unspecified atom stereocenters. The van der Waals surface area contributed by atoms with Gasteiger partial charge in [-0.2, -0.15) is 0 Å². The van der Waals surface area contributed by atoms with Gasteiger partial charge >= 0.3 is 0 Å². The first-order valence-corrected chi connectivity index (χ1v) is 8.99. The van der Waals surface area contributed by atoms with E-state index in [0.717, 1.165) is 5.56 Å². The van der Waals surface area contributed by atoms with Gasteiger partial charge in [-0.05, 0) is 30.4 Å². The summed E-state index contributed by atoms with van der Waals surface area (Å²) in [5.74, 6) is 0. The van der Waals surface area contributed by atoms with Crippen LogP contribution in [-0.4, -0.2) is 18.1 Å². The Morgan fingerprint density at radius 2 is 1.79 bits per heavy atom. The summed E-state index contributed by atoms with van der Waals surface area (Å²) in [6.07, 6.45) is 1.85. The Morgan fingerprint density at radius 3 is 2.21 bits per heavy atom. The van der Waals surface area contributed by atoms with E-state index in [0.29, 0.717) is 9.76 Å². The monoisotopic (exact) mass is 220 g/mol. The SMILES string of the molecule is C=Cc1ccc([Si]O[Si](C)(C)C)cc1. The summed E-state index contributed by atoms with van der Waals surface area (Å²) < 4.78 is 5.83. The Hall–Kier alpha value is -0.646. The van der Waals surface area contributed by atoms with E-state index in [1.165, 1.54) is 5.19 Å². The van der Waals surface area contributed by atoms with Crippen LogP contribution in [0.25, 0.3) is 6.08 Å². The van der Waals surface area contributed by atoms with Crippen LogP contribution in [-0.2, 0) is 4.12 Å². The average molecular weight is 220 g/mol. The highest BCUT2D eigenvalue weighted by molar-refractivity contribution is 6.75. The summed E-state index contributed by atoms with van der Waals surface area (Å²) in [7, 11) is -0.889. The molecule has 0 aromatic heterocycles. The largest absolute Gasteiger partial charge is 0.453 e. The Bertz CT molecular complexity index is 298. The number of hydrogen-bond donors (Lipinski definition) is 0. The van der Waals surface area contributed by atoms with Crippen molar-refractivity contribution < 1.29 is 4.12 Å². The van der Waals surface area contributed by atoms with Crippen molar-refractivity contribution in [3.05, 3.63) is 36.4 Å². The minimum absolute atomic E-state index is 0.481. The van der Waals surface area contributed by atoms with Gasteiger partial charge in [-0.15, -0.1) is 0 Å². The summed E-state index contributed by atoms with van der Waals surface area (Å²) in [5.41, 5.74) is 1.16. The molecule has 0 heterocycles. The van der Waals surface area contributed by atoms with Crippen molar-refractivity contribution in [3.63, 3.8) is 0 Å². The molecule has 0 spiro atoms. The third-order valence-electron chi connectivity index (χ3n) is 1.62. The van der Waals surface area contributed by atoms with Gasteiger partial charge in [-0.25, -0.2) is 0 Å². The molecule has 0 bridgehead atoms. The molecule has 0 fully saturated rings. The van der Waals surface area contributed by atoms with Crippen LogP contribution in [0, 0.1) is 0 Å². The van der Waals surface area contributed by atoms with Crippen molar-refractivity contribution in [2.45, 2.75) is 19.6 Å². The lowest BCUT2D eigenvalue weighted by Gasteiger charge is -2.16. The zero-order valence-corrected chi connectivity index (χ0v) is 11.0. The molecule has 0 atom stereocenters. The van der Waals surface area contributed by atoms with Gasteiger partial charge in [0.1, 0.15) is 0 Å². The smallest absolute Gasteiger partial charge is 0.256 e. The minimum Gasteiger partial charge on any atom is -0.453 e. The molecule has 0 saturated carbocycles. The molecule has 0 aliphatic heterocycles. The van der Waals surface area contributed by atoms with Gasteiger partial charge < -0.3 is 4.12 Å². The molecule has 1 aromatic rings. The van der Waals surface area contributed by atoms with Crippen molar-refractivity contribution in [1.82, 2.24) is 0 Å². The average Bonchev–Trinajstić information content (AvgIpc) is 2.14. The summed E-state index contributed by atoms with van der Waals surface area (Å²) in [4.78, 5) is 0. The van der Waals surface area contributed by atoms with Crippen LogP contribution < -0.4 is 5.19 Å². The van der Waals surface area contributed by atoms with Gasteiger partial charge in [0.25, 0.3) is 9.76 Å². The zero-order chi connectivity index (χ0) is 10.6.